The van der Waals surface area contributed by atoms with Crippen LogP contribution >= 0.6 is 0 Å². The van der Waals surface area contributed by atoms with Gasteiger partial charge in [-0.3, -0.25) is 4.90 Å². The van der Waals surface area contributed by atoms with Gasteiger partial charge in [-0.2, -0.15) is 0 Å². The number of piperidine rings is 1. The van der Waals surface area contributed by atoms with Gasteiger partial charge in [0.15, 0.2) is 5.76 Å². The fourth-order valence-corrected chi connectivity index (χ4v) is 2.43. The molecule has 0 amide bonds. The minimum Gasteiger partial charge on any atom is -0.381 e. The van der Waals surface area contributed by atoms with E-state index in [9.17, 15) is 0 Å². The van der Waals surface area contributed by atoms with Gasteiger partial charge in [-0.25, -0.2) is 0 Å². The molecular formula is C14H25N3O2. The Labute approximate surface area is 115 Å². The van der Waals surface area contributed by atoms with Crippen LogP contribution in [0.2, 0.25) is 0 Å². The predicted molar refractivity (Wildman–Crippen MR) is 73.8 cm³/mol. The second kappa shape index (κ2) is 7.62. The highest BCUT2D eigenvalue weighted by atomic mass is 16.5. The number of nitrogens with one attached hydrogen (secondary N) is 1. The zero-order valence-corrected chi connectivity index (χ0v) is 12.0. The van der Waals surface area contributed by atoms with E-state index < -0.39 is 0 Å². The quantitative estimate of drug-likeness (QED) is 0.763. The molecule has 1 N–H and O–H groups in total. The Bertz CT molecular complexity index is 359. The van der Waals surface area contributed by atoms with Crippen molar-refractivity contribution < 1.29 is 9.26 Å². The molecule has 0 radical (unpaired) electrons. The number of ether oxygens (including phenoxy) is 1. The number of rotatable bonds is 7. The number of methoxy groups -OCH3 is 1. The highest BCUT2D eigenvalue weighted by Crippen LogP contribution is 2.16. The van der Waals surface area contributed by atoms with Gasteiger partial charge in [0, 0.05) is 32.8 Å². The summed E-state index contributed by atoms with van der Waals surface area (Å²) in [5.74, 6) is 0.962. The average molecular weight is 267 g/mol. The van der Waals surface area contributed by atoms with E-state index in [0.717, 1.165) is 63.4 Å². The van der Waals surface area contributed by atoms with Crippen LogP contribution in [0.1, 0.15) is 37.6 Å². The molecule has 0 aromatic carbocycles. The molecule has 5 heteroatoms. The topological polar surface area (TPSA) is 50.5 Å². The molecule has 108 valence electrons. The Balaban J connectivity index is 1.74. The molecule has 0 unspecified atom stereocenters. The lowest BCUT2D eigenvalue weighted by atomic mass is 10.1. The van der Waals surface area contributed by atoms with Crippen molar-refractivity contribution >= 4 is 0 Å². The van der Waals surface area contributed by atoms with E-state index >= 15 is 0 Å². The molecule has 1 aliphatic rings. The monoisotopic (exact) mass is 267 g/mol. The maximum absolute atomic E-state index is 5.39. The van der Waals surface area contributed by atoms with E-state index in [2.05, 4.69) is 28.4 Å². The number of hydrogen-bond donors (Lipinski definition) is 1. The van der Waals surface area contributed by atoms with Gasteiger partial charge < -0.3 is 14.6 Å². The number of hydrogen-bond acceptors (Lipinski definition) is 5. The van der Waals surface area contributed by atoms with Gasteiger partial charge in [-0.05, 0) is 25.8 Å². The molecule has 1 aliphatic heterocycles. The first-order valence-corrected chi connectivity index (χ1v) is 7.22. The van der Waals surface area contributed by atoms with Crippen molar-refractivity contribution in [1.29, 1.82) is 0 Å². The molecule has 5 nitrogen and oxygen atoms in total. The fraction of sp³-hybridized carbons (Fsp3) is 0.786. The van der Waals surface area contributed by atoms with E-state index in [1.807, 2.05) is 0 Å². The molecule has 0 spiro atoms. The number of aromatic nitrogens is 1. The van der Waals surface area contributed by atoms with Crippen LogP contribution in [0.5, 0.6) is 0 Å². The summed E-state index contributed by atoms with van der Waals surface area (Å²) in [5.41, 5.74) is 0.996. The van der Waals surface area contributed by atoms with Crippen molar-refractivity contribution in [2.75, 3.05) is 26.7 Å². The molecule has 0 saturated carbocycles. The maximum Gasteiger partial charge on any atom is 0.151 e. The van der Waals surface area contributed by atoms with Crippen LogP contribution in [0, 0.1) is 0 Å². The summed E-state index contributed by atoms with van der Waals surface area (Å²) in [6.45, 7) is 6.98. The Hall–Kier alpha value is -0.910. The first-order valence-electron chi connectivity index (χ1n) is 7.22. The smallest absolute Gasteiger partial charge is 0.151 e. The summed E-state index contributed by atoms with van der Waals surface area (Å²) in [6, 6.07) is 2.06. The fourth-order valence-electron chi connectivity index (χ4n) is 2.43. The van der Waals surface area contributed by atoms with Crippen LogP contribution in [0.15, 0.2) is 10.6 Å². The molecule has 1 aromatic rings. The van der Waals surface area contributed by atoms with Crippen molar-refractivity contribution in [3.63, 3.8) is 0 Å². The highest BCUT2D eigenvalue weighted by Gasteiger charge is 2.19. The third kappa shape index (κ3) is 4.60. The Morgan fingerprint density at radius 1 is 1.47 bits per heavy atom. The van der Waals surface area contributed by atoms with Gasteiger partial charge in [-0.1, -0.05) is 12.1 Å². The van der Waals surface area contributed by atoms with Crippen LogP contribution in [0.25, 0.3) is 0 Å². The maximum atomic E-state index is 5.39. The molecule has 2 rings (SSSR count). The van der Waals surface area contributed by atoms with Gasteiger partial charge in [0.1, 0.15) is 0 Å². The summed E-state index contributed by atoms with van der Waals surface area (Å²) in [4.78, 5) is 2.40. The first kappa shape index (κ1) is 14.5. The van der Waals surface area contributed by atoms with Crippen molar-refractivity contribution in [2.45, 2.75) is 45.4 Å². The summed E-state index contributed by atoms with van der Waals surface area (Å²) in [5, 5.41) is 7.42. The van der Waals surface area contributed by atoms with Crippen LogP contribution in [0.4, 0.5) is 0 Å². The van der Waals surface area contributed by atoms with Crippen LogP contribution in [-0.2, 0) is 17.8 Å². The van der Waals surface area contributed by atoms with Crippen molar-refractivity contribution in [3.8, 4) is 0 Å². The third-order valence-electron chi connectivity index (χ3n) is 3.59. The van der Waals surface area contributed by atoms with E-state index in [1.165, 1.54) is 0 Å². The van der Waals surface area contributed by atoms with Gasteiger partial charge in [0.2, 0.25) is 0 Å². The standard InChI is InChI=1S/C14H25N3O2/c1-3-6-15-10-12-9-14(19-16-12)11-17-7-4-13(18-2)5-8-17/h9,13,15H,3-8,10-11H2,1-2H3. The molecule has 1 saturated heterocycles. The number of likely N-dealkylation sites (tertiary alicyclic amines) is 1. The zero-order chi connectivity index (χ0) is 13.5. The molecule has 2 heterocycles. The lowest BCUT2D eigenvalue weighted by Crippen LogP contribution is -2.36. The van der Waals surface area contributed by atoms with E-state index in [0.29, 0.717) is 6.10 Å². The molecular weight excluding hydrogens is 242 g/mol. The molecule has 1 fully saturated rings. The third-order valence-corrected chi connectivity index (χ3v) is 3.59. The van der Waals surface area contributed by atoms with Crippen molar-refractivity contribution in [3.05, 3.63) is 17.5 Å². The summed E-state index contributed by atoms with van der Waals surface area (Å²) >= 11 is 0. The van der Waals surface area contributed by atoms with E-state index in [4.69, 9.17) is 9.26 Å². The van der Waals surface area contributed by atoms with E-state index in [1.54, 1.807) is 7.11 Å². The zero-order valence-electron chi connectivity index (χ0n) is 12.0. The van der Waals surface area contributed by atoms with Gasteiger partial charge in [-0.15, -0.1) is 0 Å². The predicted octanol–water partition coefficient (Wildman–Crippen LogP) is 1.78. The number of nitrogens with zero attached hydrogens (tertiary/aromatic N) is 2. The van der Waals surface area contributed by atoms with Crippen LogP contribution < -0.4 is 5.32 Å². The normalized spacial score (nSPS) is 18.0. The van der Waals surface area contributed by atoms with Crippen molar-refractivity contribution in [1.82, 2.24) is 15.4 Å². The Morgan fingerprint density at radius 2 is 2.26 bits per heavy atom. The largest absolute Gasteiger partial charge is 0.381 e. The SMILES string of the molecule is CCCNCc1cc(CN2CCC(OC)CC2)on1. The first-order chi connectivity index (χ1) is 9.31. The minimum atomic E-state index is 0.430. The van der Waals surface area contributed by atoms with Crippen molar-refractivity contribution in [2.24, 2.45) is 0 Å². The second-order valence-electron chi connectivity index (χ2n) is 5.17. The lowest BCUT2D eigenvalue weighted by molar-refractivity contribution is 0.0364. The highest BCUT2D eigenvalue weighted by molar-refractivity contribution is 5.05. The van der Waals surface area contributed by atoms with Crippen LogP contribution in [-0.4, -0.2) is 42.9 Å². The Morgan fingerprint density at radius 3 is 2.95 bits per heavy atom. The molecule has 0 aliphatic carbocycles. The van der Waals surface area contributed by atoms with Gasteiger partial charge in [0.25, 0.3) is 0 Å². The van der Waals surface area contributed by atoms with Gasteiger partial charge in [0.05, 0.1) is 18.3 Å². The Kier molecular flexibility index (Phi) is 5.82. The average Bonchev–Trinajstić information content (AvgIpc) is 2.88. The molecule has 0 atom stereocenters. The minimum absolute atomic E-state index is 0.430. The molecule has 0 bridgehead atoms. The lowest BCUT2D eigenvalue weighted by Gasteiger charge is -2.30. The van der Waals surface area contributed by atoms with E-state index in [-0.39, 0.29) is 0 Å². The summed E-state index contributed by atoms with van der Waals surface area (Å²) < 4.78 is 10.8. The second-order valence-corrected chi connectivity index (χ2v) is 5.17. The molecule has 19 heavy (non-hydrogen) atoms. The van der Waals surface area contributed by atoms with Crippen LogP contribution in [0.3, 0.4) is 0 Å². The summed E-state index contributed by atoms with van der Waals surface area (Å²) in [6.07, 6.45) is 3.78. The van der Waals surface area contributed by atoms with Gasteiger partial charge >= 0.3 is 0 Å². The summed E-state index contributed by atoms with van der Waals surface area (Å²) in [7, 11) is 1.80. The molecule has 1 aromatic heterocycles.